The molecule has 0 aliphatic rings. The Morgan fingerprint density at radius 1 is 1.31 bits per heavy atom. The molecule has 0 atom stereocenters. The van der Waals surface area contributed by atoms with E-state index in [0.717, 1.165) is 12.5 Å². The van der Waals surface area contributed by atoms with Crippen LogP contribution in [0.5, 0.6) is 0 Å². The lowest BCUT2D eigenvalue weighted by atomic mass is 10.2. The fourth-order valence-electron chi connectivity index (χ4n) is 1.06. The molecular formula is C10H22O2Si. The van der Waals surface area contributed by atoms with Gasteiger partial charge in [-0.15, -0.1) is 0 Å². The van der Waals surface area contributed by atoms with Crippen molar-refractivity contribution in [3.8, 4) is 0 Å². The molecule has 0 fully saturated rings. The van der Waals surface area contributed by atoms with E-state index in [-0.39, 0.29) is 0 Å². The Kier molecular flexibility index (Phi) is 4.16. The quantitative estimate of drug-likeness (QED) is 0.710. The molecule has 0 spiro atoms. The summed E-state index contributed by atoms with van der Waals surface area (Å²) >= 11 is 0. The van der Waals surface area contributed by atoms with Crippen molar-refractivity contribution in [1.82, 2.24) is 0 Å². The van der Waals surface area contributed by atoms with Crippen LogP contribution in [0.1, 0.15) is 33.6 Å². The molecule has 13 heavy (non-hydrogen) atoms. The first-order valence-electron chi connectivity index (χ1n) is 4.88. The molecule has 3 heteroatoms. The minimum atomic E-state index is -1.24. The minimum Gasteiger partial charge on any atom is -0.481 e. The number of aliphatic carboxylic acids is 1. The summed E-state index contributed by atoms with van der Waals surface area (Å²) in [4.78, 5) is 10.4. The molecule has 0 rings (SSSR count). The normalized spacial score (nSPS) is 13.0. The summed E-state index contributed by atoms with van der Waals surface area (Å²) in [5.74, 6) is -0.668. The van der Waals surface area contributed by atoms with Crippen molar-refractivity contribution in [3.05, 3.63) is 0 Å². The third kappa shape index (κ3) is 4.46. The van der Waals surface area contributed by atoms with E-state index in [1.54, 1.807) is 0 Å². The third-order valence-electron chi connectivity index (χ3n) is 3.22. The predicted octanol–water partition coefficient (Wildman–Crippen LogP) is 3.36. The topological polar surface area (TPSA) is 37.3 Å². The van der Waals surface area contributed by atoms with Crippen molar-refractivity contribution in [2.24, 2.45) is 0 Å². The third-order valence-corrected chi connectivity index (χ3v) is 8.89. The number of carboxylic acid groups (broad SMARTS) is 1. The Morgan fingerprint density at radius 2 is 1.77 bits per heavy atom. The van der Waals surface area contributed by atoms with Crippen molar-refractivity contribution in [1.29, 1.82) is 0 Å². The van der Waals surface area contributed by atoms with Crippen molar-refractivity contribution in [2.45, 2.75) is 57.8 Å². The van der Waals surface area contributed by atoms with Crippen LogP contribution in [0.25, 0.3) is 0 Å². The molecule has 0 aliphatic carbocycles. The second kappa shape index (κ2) is 4.27. The smallest absolute Gasteiger partial charge is 0.303 e. The highest BCUT2D eigenvalue weighted by Crippen LogP contribution is 2.39. The van der Waals surface area contributed by atoms with Crippen LogP contribution in [0.3, 0.4) is 0 Å². The Bertz CT molecular complexity index is 180. The van der Waals surface area contributed by atoms with Gasteiger partial charge in [-0.25, -0.2) is 0 Å². The molecule has 0 radical (unpaired) electrons. The zero-order chi connectivity index (χ0) is 10.7. The standard InChI is InChI=1S/C10H22O2Si/c1-10(2,3)13(4,5)8-6-7-9(11)12/h6-8H2,1-5H3,(H,11,12). The Labute approximate surface area is 82.4 Å². The van der Waals surface area contributed by atoms with Gasteiger partial charge < -0.3 is 5.11 Å². The number of carbonyl (C=O) groups is 1. The first-order chi connectivity index (χ1) is 5.67. The summed E-state index contributed by atoms with van der Waals surface area (Å²) in [7, 11) is -1.24. The summed E-state index contributed by atoms with van der Waals surface area (Å²) < 4.78 is 0. The molecule has 0 aromatic heterocycles. The number of hydrogen-bond donors (Lipinski definition) is 1. The molecule has 0 amide bonds. The van der Waals surface area contributed by atoms with Crippen LogP contribution in [0, 0.1) is 0 Å². The second-order valence-electron chi connectivity index (χ2n) is 5.38. The van der Waals surface area contributed by atoms with E-state index in [2.05, 4.69) is 33.9 Å². The molecule has 0 aromatic rings. The van der Waals surface area contributed by atoms with Gasteiger partial charge in [-0.05, 0) is 11.5 Å². The maximum absolute atomic E-state index is 10.4. The lowest BCUT2D eigenvalue weighted by Gasteiger charge is -2.37. The summed E-state index contributed by atoms with van der Waals surface area (Å²) in [5, 5.41) is 8.91. The maximum Gasteiger partial charge on any atom is 0.303 e. The van der Waals surface area contributed by atoms with Crippen LogP contribution in [0.2, 0.25) is 24.2 Å². The van der Waals surface area contributed by atoms with Crippen LogP contribution in [0.15, 0.2) is 0 Å². The lowest BCUT2D eigenvalue weighted by molar-refractivity contribution is -0.137. The van der Waals surface area contributed by atoms with E-state index < -0.39 is 14.0 Å². The van der Waals surface area contributed by atoms with Gasteiger partial charge in [-0.1, -0.05) is 39.9 Å². The number of rotatable bonds is 4. The Balaban J connectivity index is 3.97. The average Bonchev–Trinajstić information content (AvgIpc) is 1.82. The van der Waals surface area contributed by atoms with Gasteiger partial charge in [0, 0.05) is 6.42 Å². The van der Waals surface area contributed by atoms with E-state index in [4.69, 9.17) is 5.11 Å². The molecular weight excluding hydrogens is 180 g/mol. The van der Waals surface area contributed by atoms with Gasteiger partial charge in [0.1, 0.15) is 0 Å². The Morgan fingerprint density at radius 3 is 2.08 bits per heavy atom. The highest BCUT2D eigenvalue weighted by molar-refractivity contribution is 6.80. The average molecular weight is 202 g/mol. The SMILES string of the molecule is CC(C)(C)[Si](C)(C)CCCC(=O)O. The van der Waals surface area contributed by atoms with E-state index in [9.17, 15) is 4.79 Å². The second-order valence-corrected chi connectivity index (χ2v) is 11.1. The molecule has 1 N–H and O–H groups in total. The predicted molar refractivity (Wildman–Crippen MR) is 58.9 cm³/mol. The first kappa shape index (κ1) is 12.7. The molecule has 0 unspecified atom stereocenters. The summed E-state index contributed by atoms with van der Waals surface area (Å²) in [6.07, 6.45) is 1.17. The van der Waals surface area contributed by atoms with Gasteiger partial charge in [-0.2, -0.15) is 0 Å². The van der Waals surface area contributed by atoms with Crippen LogP contribution in [-0.2, 0) is 4.79 Å². The first-order valence-corrected chi connectivity index (χ1v) is 8.09. The van der Waals surface area contributed by atoms with Gasteiger partial charge in [0.25, 0.3) is 0 Å². The van der Waals surface area contributed by atoms with Crippen molar-refractivity contribution in [2.75, 3.05) is 0 Å². The van der Waals surface area contributed by atoms with E-state index in [0.29, 0.717) is 11.5 Å². The monoisotopic (exact) mass is 202 g/mol. The van der Waals surface area contributed by atoms with Gasteiger partial charge in [-0.3, -0.25) is 4.79 Å². The summed E-state index contributed by atoms with van der Waals surface area (Å²) in [6.45, 7) is 11.5. The van der Waals surface area contributed by atoms with Gasteiger partial charge in [0.2, 0.25) is 0 Å². The van der Waals surface area contributed by atoms with Crippen LogP contribution < -0.4 is 0 Å². The maximum atomic E-state index is 10.4. The molecule has 78 valence electrons. The number of carboxylic acids is 1. The molecule has 0 saturated carbocycles. The number of hydrogen-bond acceptors (Lipinski definition) is 1. The molecule has 0 aromatic carbocycles. The highest BCUT2D eigenvalue weighted by atomic mass is 28.3. The van der Waals surface area contributed by atoms with Crippen molar-refractivity contribution >= 4 is 14.0 Å². The van der Waals surface area contributed by atoms with Crippen LogP contribution in [-0.4, -0.2) is 19.1 Å². The zero-order valence-electron chi connectivity index (χ0n) is 9.48. The van der Waals surface area contributed by atoms with Crippen molar-refractivity contribution in [3.63, 3.8) is 0 Å². The van der Waals surface area contributed by atoms with Gasteiger partial charge >= 0.3 is 5.97 Å². The van der Waals surface area contributed by atoms with Gasteiger partial charge in [0.15, 0.2) is 0 Å². The van der Waals surface area contributed by atoms with Gasteiger partial charge in [0.05, 0.1) is 8.07 Å². The molecule has 0 bridgehead atoms. The fraction of sp³-hybridized carbons (Fsp3) is 0.900. The van der Waals surface area contributed by atoms with Crippen LogP contribution in [0.4, 0.5) is 0 Å². The lowest BCUT2D eigenvalue weighted by Crippen LogP contribution is -2.36. The molecule has 2 nitrogen and oxygen atoms in total. The summed E-state index contributed by atoms with van der Waals surface area (Å²) in [5.41, 5.74) is 0. The molecule has 0 aliphatic heterocycles. The molecule has 0 saturated heterocycles. The van der Waals surface area contributed by atoms with E-state index in [1.165, 1.54) is 0 Å². The van der Waals surface area contributed by atoms with Crippen molar-refractivity contribution < 1.29 is 9.90 Å². The highest BCUT2D eigenvalue weighted by Gasteiger charge is 2.34. The largest absolute Gasteiger partial charge is 0.481 e. The fourth-order valence-corrected chi connectivity index (χ4v) is 2.87. The van der Waals surface area contributed by atoms with E-state index in [1.807, 2.05) is 0 Å². The summed E-state index contributed by atoms with van der Waals surface area (Å²) in [6, 6.07) is 1.11. The van der Waals surface area contributed by atoms with E-state index >= 15 is 0 Å². The van der Waals surface area contributed by atoms with Crippen LogP contribution >= 0.6 is 0 Å². The Hall–Kier alpha value is -0.313. The zero-order valence-corrected chi connectivity index (χ0v) is 10.5. The molecule has 0 heterocycles. The minimum absolute atomic E-state index is 0.326.